The highest BCUT2D eigenvalue weighted by molar-refractivity contribution is 6.31. The zero-order valence-corrected chi connectivity index (χ0v) is 11.0. The lowest BCUT2D eigenvalue weighted by molar-refractivity contribution is 0.102. The van der Waals surface area contributed by atoms with Crippen LogP contribution in [0.25, 0.3) is 10.9 Å². The van der Waals surface area contributed by atoms with Gasteiger partial charge in [-0.05, 0) is 18.2 Å². The lowest BCUT2D eigenvalue weighted by atomic mass is 10.1. The fraction of sp³-hybridized carbons (Fsp3) is 0. The minimum atomic E-state index is -0.637. The number of aromatic nitrogens is 1. The van der Waals surface area contributed by atoms with Crippen LogP contribution in [-0.2, 0) is 0 Å². The molecular weight excluding hydrogens is 279 g/mol. The van der Waals surface area contributed by atoms with Crippen LogP contribution in [0.4, 0.5) is 10.1 Å². The summed E-state index contributed by atoms with van der Waals surface area (Å²) < 4.78 is 13.8. The number of halogens is 2. The van der Waals surface area contributed by atoms with Gasteiger partial charge in [-0.25, -0.2) is 4.39 Å². The Morgan fingerprint density at radius 3 is 2.80 bits per heavy atom. The highest BCUT2D eigenvalue weighted by Crippen LogP contribution is 2.24. The van der Waals surface area contributed by atoms with Gasteiger partial charge >= 0.3 is 0 Å². The number of amides is 1. The van der Waals surface area contributed by atoms with Crippen LogP contribution >= 0.6 is 11.6 Å². The van der Waals surface area contributed by atoms with E-state index in [1.165, 1.54) is 12.1 Å². The molecule has 0 aliphatic heterocycles. The Kier molecular flexibility index (Phi) is 3.16. The Bertz CT molecular complexity index is 797. The van der Waals surface area contributed by atoms with E-state index in [9.17, 15) is 9.18 Å². The van der Waals surface area contributed by atoms with Crippen molar-refractivity contribution in [3.05, 3.63) is 65.1 Å². The lowest BCUT2D eigenvalue weighted by Crippen LogP contribution is -2.12. The van der Waals surface area contributed by atoms with Crippen molar-refractivity contribution in [1.29, 1.82) is 0 Å². The van der Waals surface area contributed by atoms with Gasteiger partial charge in [0.05, 0.1) is 16.3 Å². The average molecular weight is 289 g/mol. The summed E-state index contributed by atoms with van der Waals surface area (Å²) in [5.74, 6) is -1.02. The third kappa shape index (κ3) is 2.14. The van der Waals surface area contributed by atoms with E-state index in [1.807, 2.05) is 24.3 Å². The molecule has 0 fully saturated rings. The first-order chi connectivity index (χ1) is 9.66. The van der Waals surface area contributed by atoms with Crippen molar-refractivity contribution >= 4 is 34.1 Å². The van der Waals surface area contributed by atoms with Gasteiger partial charge in [0.1, 0.15) is 0 Å². The Balaban J connectivity index is 1.95. The smallest absolute Gasteiger partial charge is 0.257 e. The molecule has 2 aromatic carbocycles. The van der Waals surface area contributed by atoms with E-state index >= 15 is 0 Å². The number of carbonyl (C=O) groups excluding carboxylic acids is 1. The Hall–Kier alpha value is -2.33. The molecule has 1 heterocycles. The minimum Gasteiger partial charge on any atom is -0.360 e. The number of aromatic amines is 1. The standard InChI is InChI=1S/C15H10ClFN2O/c16-11-5-3-7-13(14(11)17)19-15(20)10-8-18-12-6-2-1-4-9(10)12/h1-8,18H,(H,19,20). The summed E-state index contributed by atoms with van der Waals surface area (Å²) in [6, 6.07) is 11.9. The Labute approximate surface area is 119 Å². The second kappa shape index (κ2) is 4.98. The van der Waals surface area contributed by atoms with E-state index in [1.54, 1.807) is 12.3 Å². The monoisotopic (exact) mass is 288 g/mol. The van der Waals surface area contributed by atoms with Crippen molar-refractivity contribution in [2.24, 2.45) is 0 Å². The van der Waals surface area contributed by atoms with Crippen molar-refractivity contribution in [2.75, 3.05) is 5.32 Å². The molecule has 2 N–H and O–H groups in total. The molecule has 1 aromatic heterocycles. The van der Waals surface area contributed by atoms with Gasteiger partial charge in [0.2, 0.25) is 0 Å². The third-order valence-corrected chi connectivity index (χ3v) is 3.33. The molecule has 0 unspecified atom stereocenters. The van der Waals surface area contributed by atoms with E-state index in [-0.39, 0.29) is 16.6 Å². The minimum absolute atomic E-state index is 0.0262. The number of hydrogen-bond donors (Lipinski definition) is 2. The number of H-pyrrole nitrogens is 1. The molecule has 0 saturated carbocycles. The largest absolute Gasteiger partial charge is 0.360 e. The predicted molar refractivity (Wildman–Crippen MR) is 77.7 cm³/mol. The first-order valence-corrected chi connectivity index (χ1v) is 6.36. The Morgan fingerprint density at radius 1 is 1.15 bits per heavy atom. The van der Waals surface area contributed by atoms with E-state index in [2.05, 4.69) is 10.3 Å². The van der Waals surface area contributed by atoms with Gasteiger partial charge in [0, 0.05) is 17.1 Å². The molecule has 0 bridgehead atoms. The van der Waals surface area contributed by atoms with Gasteiger partial charge in [-0.3, -0.25) is 4.79 Å². The molecule has 0 radical (unpaired) electrons. The maximum absolute atomic E-state index is 13.8. The molecule has 0 aliphatic carbocycles. The second-order valence-electron chi connectivity index (χ2n) is 4.30. The van der Waals surface area contributed by atoms with Gasteiger partial charge in [0.15, 0.2) is 5.82 Å². The summed E-state index contributed by atoms with van der Waals surface area (Å²) in [7, 11) is 0. The van der Waals surface area contributed by atoms with Crippen molar-refractivity contribution in [3.8, 4) is 0 Å². The van der Waals surface area contributed by atoms with Crippen molar-refractivity contribution in [3.63, 3.8) is 0 Å². The average Bonchev–Trinajstić information content (AvgIpc) is 2.88. The summed E-state index contributed by atoms with van der Waals surface area (Å²) in [6.07, 6.45) is 1.60. The summed E-state index contributed by atoms with van der Waals surface area (Å²) in [5.41, 5.74) is 1.37. The fourth-order valence-corrected chi connectivity index (χ4v) is 2.22. The molecule has 0 spiro atoms. The van der Waals surface area contributed by atoms with E-state index < -0.39 is 5.82 Å². The summed E-state index contributed by atoms with van der Waals surface area (Å²) in [4.78, 5) is 15.2. The van der Waals surface area contributed by atoms with Gasteiger partial charge in [-0.2, -0.15) is 0 Å². The van der Waals surface area contributed by atoms with Gasteiger partial charge in [-0.15, -0.1) is 0 Å². The first kappa shape index (κ1) is 12.7. The molecule has 3 rings (SSSR count). The van der Waals surface area contributed by atoms with Crippen LogP contribution in [0, 0.1) is 5.82 Å². The molecular formula is C15H10ClFN2O. The van der Waals surface area contributed by atoms with Crippen LogP contribution in [0.2, 0.25) is 5.02 Å². The molecule has 0 saturated heterocycles. The zero-order valence-electron chi connectivity index (χ0n) is 10.3. The first-order valence-electron chi connectivity index (χ1n) is 5.98. The van der Waals surface area contributed by atoms with Gasteiger partial charge < -0.3 is 10.3 Å². The predicted octanol–water partition coefficient (Wildman–Crippen LogP) is 4.21. The number of nitrogens with one attached hydrogen (secondary N) is 2. The highest BCUT2D eigenvalue weighted by Gasteiger charge is 2.14. The quantitative estimate of drug-likeness (QED) is 0.729. The Morgan fingerprint density at radius 2 is 1.95 bits per heavy atom. The molecule has 100 valence electrons. The summed E-state index contributed by atoms with van der Waals surface area (Å²) in [6.45, 7) is 0. The number of fused-ring (bicyclic) bond motifs is 1. The molecule has 0 aliphatic rings. The van der Waals surface area contributed by atoms with Crippen molar-refractivity contribution < 1.29 is 9.18 Å². The van der Waals surface area contributed by atoms with Crippen LogP contribution in [0.1, 0.15) is 10.4 Å². The van der Waals surface area contributed by atoms with Crippen molar-refractivity contribution in [1.82, 2.24) is 4.98 Å². The molecule has 3 nitrogen and oxygen atoms in total. The molecule has 20 heavy (non-hydrogen) atoms. The summed E-state index contributed by atoms with van der Waals surface area (Å²) >= 11 is 5.68. The number of carbonyl (C=O) groups is 1. The number of rotatable bonds is 2. The maximum atomic E-state index is 13.8. The number of anilines is 1. The molecule has 3 aromatic rings. The SMILES string of the molecule is O=C(Nc1cccc(Cl)c1F)c1c[nH]c2ccccc12. The fourth-order valence-electron chi connectivity index (χ4n) is 2.05. The normalized spacial score (nSPS) is 10.7. The lowest BCUT2D eigenvalue weighted by Gasteiger charge is -2.06. The number of para-hydroxylation sites is 1. The second-order valence-corrected chi connectivity index (χ2v) is 4.71. The van der Waals surface area contributed by atoms with Crippen LogP contribution < -0.4 is 5.32 Å². The molecule has 0 atom stereocenters. The highest BCUT2D eigenvalue weighted by atomic mass is 35.5. The number of benzene rings is 2. The number of hydrogen-bond acceptors (Lipinski definition) is 1. The van der Waals surface area contributed by atoms with Crippen LogP contribution in [0.5, 0.6) is 0 Å². The van der Waals surface area contributed by atoms with Gasteiger partial charge in [0.25, 0.3) is 5.91 Å². The maximum Gasteiger partial charge on any atom is 0.257 e. The third-order valence-electron chi connectivity index (χ3n) is 3.03. The van der Waals surface area contributed by atoms with Crippen LogP contribution in [-0.4, -0.2) is 10.9 Å². The van der Waals surface area contributed by atoms with Crippen LogP contribution in [0.15, 0.2) is 48.7 Å². The van der Waals surface area contributed by atoms with Crippen LogP contribution in [0.3, 0.4) is 0 Å². The van der Waals surface area contributed by atoms with Gasteiger partial charge in [-0.1, -0.05) is 35.9 Å². The topological polar surface area (TPSA) is 44.9 Å². The zero-order chi connectivity index (χ0) is 14.1. The van der Waals surface area contributed by atoms with E-state index in [4.69, 9.17) is 11.6 Å². The molecule has 1 amide bonds. The van der Waals surface area contributed by atoms with Crippen molar-refractivity contribution in [2.45, 2.75) is 0 Å². The molecule has 5 heteroatoms. The van der Waals surface area contributed by atoms with E-state index in [0.29, 0.717) is 5.56 Å². The van der Waals surface area contributed by atoms with E-state index in [0.717, 1.165) is 10.9 Å². The summed E-state index contributed by atoms with van der Waals surface area (Å²) in [5, 5.41) is 3.29.